The van der Waals surface area contributed by atoms with Gasteiger partial charge in [-0.1, -0.05) is 0 Å². The van der Waals surface area contributed by atoms with E-state index < -0.39 is 25.0 Å². The van der Waals surface area contributed by atoms with Crippen LogP contribution in [0.15, 0.2) is 12.1 Å². The van der Waals surface area contributed by atoms with E-state index in [-0.39, 0.29) is 11.4 Å². The SMILES string of the molecule is [2H]C([2H])([2H])NC(=O)c1ccc(N2CCNCC2)c(C(F)F)n1. The number of carbonyl (C=O) groups is 1. The summed E-state index contributed by atoms with van der Waals surface area (Å²) >= 11 is 0. The summed E-state index contributed by atoms with van der Waals surface area (Å²) in [5.41, 5.74) is -0.590. The van der Waals surface area contributed by atoms with Crippen LogP contribution in [0.3, 0.4) is 0 Å². The Labute approximate surface area is 114 Å². The molecular weight excluding hydrogens is 254 g/mol. The fourth-order valence-electron chi connectivity index (χ4n) is 1.99. The number of piperazine rings is 1. The predicted octanol–water partition coefficient (Wildman–Crippen LogP) is 0.788. The molecule has 2 rings (SSSR count). The number of rotatable bonds is 3. The van der Waals surface area contributed by atoms with Crippen LogP contribution in [-0.4, -0.2) is 44.0 Å². The molecule has 0 atom stereocenters. The van der Waals surface area contributed by atoms with Crippen molar-refractivity contribution in [2.24, 2.45) is 0 Å². The van der Waals surface area contributed by atoms with E-state index in [4.69, 9.17) is 4.11 Å². The summed E-state index contributed by atoms with van der Waals surface area (Å²) in [5, 5.41) is 4.84. The Morgan fingerprint density at radius 1 is 1.53 bits per heavy atom. The molecule has 1 fully saturated rings. The van der Waals surface area contributed by atoms with Crippen molar-refractivity contribution in [3.63, 3.8) is 0 Å². The molecule has 19 heavy (non-hydrogen) atoms. The van der Waals surface area contributed by atoms with E-state index in [9.17, 15) is 13.6 Å². The Kier molecular flexibility index (Phi) is 3.14. The molecule has 1 aliphatic heterocycles. The molecule has 1 aliphatic rings. The lowest BCUT2D eigenvalue weighted by atomic mass is 10.2. The first kappa shape index (κ1) is 10.1. The Hall–Kier alpha value is -1.76. The molecule has 1 aromatic rings. The van der Waals surface area contributed by atoms with Gasteiger partial charge in [0.25, 0.3) is 12.3 Å². The minimum Gasteiger partial charge on any atom is -0.367 e. The molecule has 1 amide bonds. The van der Waals surface area contributed by atoms with Gasteiger partial charge < -0.3 is 15.5 Å². The summed E-state index contributed by atoms with van der Waals surface area (Å²) in [6, 6.07) is 2.64. The summed E-state index contributed by atoms with van der Waals surface area (Å²) in [6.07, 6.45) is -2.86. The van der Waals surface area contributed by atoms with Gasteiger partial charge in [0.2, 0.25) is 0 Å². The Morgan fingerprint density at radius 3 is 2.89 bits per heavy atom. The zero-order valence-corrected chi connectivity index (χ0v) is 10.1. The van der Waals surface area contributed by atoms with Gasteiger partial charge in [-0.05, 0) is 12.1 Å². The van der Waals surface area contributed by atoms with Crippen molar-refractivity contribution < 1.29 is 17.7 Å². The van der Waals surface area contributed by atoms with Crippen LogP contribution in [0.25, 0.3) is 0 Å². The molecule has 0 spiro atoms. The van der Waals surface area contributed by atoms with Gasteiger partial charge in [0.1, 0.15) is 11.4 Å². The predicted molar refractivity (Wildman–Crippen MR) is 67.7 cm³/mol. The van der Waals surface area contributed by atoms with E-state index in [1.807, 2.05) is 0 Å². The number of pyridine rings is 1. The van der Waals surface area contributed by atoms with Gasteiger partial charge in [-0.3, -0.25) is 4.79 Å². The molecule has 2 heterocycles. The van der Waals surface area contributed by atoms with E-state index in [0.717, 1.165) is 0 Å². The summed E-state index contributed by atoms with van der Waals surface area (Å²) in [5.74, 6) is -1.01. The topological polar surface area (TPSA) is 57.3 Å². The van der Waals surface area contributed by atoms with Crippen molar-refractivity contribution in [3.8, 4) is 0 Å². The lowest BCUT2D eigenvalue weighted by Crippen LogP contribution is -2.44. The largest absolute Gasteiger partial charge is 0.367 e. The van der Waals surface area contributed by atoms with Crippen molar-refractivity contribution in [1.29, 1.82) is 0 Å². The number of halogens is 2. The Balaban J connectivity index is 2.28. The van der Waals surface area contributed by atoms with Crippen LogP contribution < -0.4 is 15.5 Å². The molecule has 0 radical (unpaired) electrons. The van der Waals surface area contributed by atoms with Gasteiger partial charge in [0.05, 0.1) is 5.69 Å². The number of aromatic nitrogens is 1. The van der Waals surface area contributed by atoms with Gasteiger partial charge in [-0.2, -0.15) is 0 Å². The highest BCUT2D eigenvalue weighted by atomic mass is 19.3. The van der Waals surface area contributed by atoms with Crippen LogP contribution in [0.5, 0.6) is 0 Å². The Bertz CT molecular complexity index is 548. The number of carbonyl (C=O) groups excluding carboxylic acids is 1. The van der Waals surface area contributed by atoms with E-state index in [0.29, 0.717) is 26.2 Å². The zero-order valence-electron chi connectivity index (χ0n) is 13.1. The van der Waals surface area contributed by atoms with Crippen LogP contribution in [0.2, 0.25) is 0 Å². The smallest absolute Gasteiger partial charge is 0.282 e. The monoisotopic (exact) mass is 273 g/mol. The zero-order chi connectivity index (χ0) is 16.3. The second kappa shape index (κ2) is 5.92. The maximum absolute atomic E-state index is 13.2. The van der Waals surface area contributed by atoms with E-state index in [2.05, 4.69) is 10.3 Å². The van der Waals surface area contributed by atoms with Crippen molar-refractivity contribution >= 4 is 11.6 Å². The van der Waals surface area contributed by atoms with Gasteiger partial charge in [0.15, 0.2) is 0 Å². The lowest BCUT2D eigenvalue weighted by molar-refractivity contribution is 0.0956. The van der Waals surface area contributed by atoms with Crippen LogP contribution in [-0.2, 0) is 0 Å². The molecule has 5 nitrogen and oxygen atoms in total. The van der Waals surface area contributed by atoms with Crippen LogP contribution in [0, 0.1) is 0 Å². The molecule has 7 heteroatoms. The third-order valence-corrected chi connectivity index (χ3v) is 2.91. The van der Waals surface area contributed by atoms with Crippen molar-refractivity contribution in [2.75, 3.05) is 38.1 Å². The highest BCUT2D eigenvalue weighted by Gasteiger charge is 2.22. The first-order valence-electron chi connectivity index (χ1n) is 7.35. The minimum absolute atomic E-state index is 0.266. The number of amides is 1. The van der Waals surface area contributed by atoms with E-state index in [1.165, 1.54) is 12.1 Å². The maximum atomic E-state index is 13.2. The molecule has 0 bridgehead atoms. The molecular formula is C12H16F2N4O. The first-order valence-corrected chi connectivity index (χ1v) is 5.85. The summed E-state index contributed by atoms with van der Waals surface area (Å²) < 4.78 is 47.3. The highest BCUT2D eigenvalue weighted by molar-refractivity contribution is 5.92. The number of anilines is 1. The third kappa shape index (κ3) is 2.98. The molecule has 0 unspecified atom stereocenters. The fraction of sp³-hybridized carbons (Fsp3) is 0.500. The normalized spacial score (nSPS) is 18.7. The highest BCUT2D eigenvalue weighted by Crippen LogP contribution is 2.28. The molecule has 1 saturated heterocycles. The van der Waals surface area contributed by atoms with E-state index in [1.54, 1.807) is 10.2 Å². The Morgan fingerprint density at radius 2 is 2.26 bits per heavy atom. The van der Waals surface area contributed by atoms with Gasteiger partial charge in [0, 0.05) is 37.3 Å². The molecule has 0 aromatic carbocycles. The van der Waals surface area contributed by atoms with E-state index >= 15 is 0 Å². The average molecular weight is 273 g/mol. The number of nitrogens with one attached hydrogen (secondary N) is 2. The second-order valence-electron chi connectivity index (χ2n) is 4.09. The van der Waals surface area contributed by atoms with Crippen molar-refractivity contribution in [1.82, 2.24) is 15.6 Å². The van der Waals surface area contributed by atoms with Crippen molar-refractivity contribution in [3.05, 3.63) is 23.5 Å². The first-order chi connectivity index (χ1) is 10.3. The molecule has 0 aliphatic carbocycles. The minimum atomic E-state index is -2.86. The summed E-state index contributed by atoms with van der Waals surface area (Å²) in [6.45, 7) is -0.237. The number of hydrogen-bond acceptors (Lipinski definition) is 4. The van der Waals surface area contributed by atoms with Gasteiger partial charge in [-0.15, -0.1) is 0 Å². The summed E-state index contributed by atoms with van der Waals surface area (Å²) in [7, 11) is 0. The number of alkyl halides is 2. The van der Waals surface area contributed by atoms with Crippen LogP contribution in [0.1, 0.15) is 26.7 Å². The molecule has 104 valence electrons. The standard InChI is InChI=1S/C12H16F2N4O/c1-15-12(19)8-2-3-9(10(17-8)11(13)14)18-6-4-16-5-7-18/h2-3,11,16H,4-7H2,1H3,(H,15,19)/i1D3. The maximum Gasteiger partial charge on any atom is 0.282 e. The quantitative estimate of drug-likeness (QED) is 0.855. The molecule has 0 saturated carbocycles. The molecule has 2 N–H and O–H groups in total. The fourth-order valence-corrected chi connectivity index (χ4v) is 1.99. The van der Waals surface area contributed by atoms with Gasteiger partial charge in [-0.25, -0.2) is 13.8 Å². The van der Waals surface area contributed by atoms with Crippen LogP contribution >= 0.6 is 0 Å². The lowest BCUT2D eigenvalue weighted by Gasteiger charge is -2.30. The van der Waals surface area contributed by atoms with Crippen LogP contribution in [0.4, 0.5) is 14.5 Å². The van der Waals surface area contributed by atoms with Gasteiger partial charge >= 0.3 is 0 Å². The number of hydrogen-bond donors (Lipinski definition) is 2. The summed E-state index contributed by atoms with van der Waals surface area (Å²) in [4.78, 5) is 17.1. The third-order valence-electron chi connectivity index (χ3n) is 2.91. The average Bonchev–Trinajstić information content (AvgIpc) is 2.45. The van der Waals surface area contributed by atoms with Crippen molar-refractivity contribution in [2.45, 2.75) is 6.43 Å². The second-order valence-corrected chi connectivity index (χ2v) is 4.09. The molecule has 1 aromatic heterocycles. The number of nitrogens with zero attached hydrogens (tertiary/aromatic N) is 2.